The molecule has 36 heavy (non-hydrogen) atoms. The quantitative estimate of drug-likeness (QED) is 0.301. The summed E-state index contributed by atoms with van der Waals surface area (Å²) in [6.07, 6.45) is 1.59. The van der Waals surface area contributed by atoms with Crippen LogP contribution in [0.4, 0.5) is 0 Å². The van der Waals surface area contributed by atoms with E-state index < -0.39 is 6.04 Å². The second kappa shape index (κ2) is 9.66. The van der Waals surface area contributed by atoms with Crippen molar-refractivity contribution in [2.75, 3.05) is 0 Å². The molecule has 0 fully saturated rings. The SMILES string of the molecule is Cc1ccc(C(=O)N(Cc2ccco2)C(C)c2nc3ccccc3c(=O)n2-c2cccc(C)c2)cc1. The van der Waals surface area contributed by atoms with Crippen LogP contribution in [0.5, 0.6) is 0 Å². The molecule has 2 heterocycles. The minimum absolute atomic E-state index is 0.169. The lowest BCUT2D eigenvalue weighted by molar-refractivity contribution is 0.0648. The van der Waals surface area contributed by atoms with E-state index in [0.29, 0.717) is 33.7 Å². The third-order valence-corrected chi connectivity index (χ3v) is 6.37. The van der Waals surface area contributed by atoms with Gasteiger partial charge >= 0.3 is 0 Å². The van der Waals surface area contributed by atoms with Gasteiger partial charge in [-0.15, -0.1) is 0 Å². The molecule has 0 aliphatic carbocycles. The molecule has 1 unspecified atom stereocenters. The van der Waals surface area contributed by atoms with Gasteiger partial charge in [0, 0.05) is 5.56 Å². The molecule has 6 nitrogen and oxygen atoms in total. The number of fused-ring (bicyclic) bond motifs is 1. The lowest BCUT2D eigenvalue weighted by atomic mass is 10.1. The van der Waals surface area contributed by atoms with Gasteiger partial charge in [-0.3, -0.25) is 14.2 Å². The number of aromatic nitrogens is 2. The maximum absolute atomic E-state index is 13.8. The number of nitrogens with zero attached hydrogens (tertiary/aromatic N) is 3. The highest BCUT2D eigenvalue weighted by molar-refractivity contribution is 5.94. The molecule has 3 aromatic carbocycles. The summed E-state index contributed by atoms with van der Waals surface area (Å²) >= 11 is 0. The molecule has 0 aliphatic rings. The van der Waals surface area contributed by atoms with E-state index in [-0.39, 0.29) is 18.0 Å². The summed E-state index contributed by atoms with van der Waals surface area (Å²) in [5.41, 5.74) is 3.78. The van der Waals surface area contributed by atoms with Crippen LogP contribution in [-0.4, -0.2) is 20.4 Å². The van der Waals surface area contributed by atoms with Gasteiger partial charge in [0.15, 0.2) is 0 Å². The zero-order chi connectivity index (χ0) is 25.2. The number of carbonyl (C=O) groups is 1. The number of amides is 1. The van der Waals surface area contributed by atoms with Crippen LogP contribution >= 0.6 is 0 Å². The molecule has 5 aromatic rings. The van der Waals surface area contributed by atoms with Crippen LogP contribution in [0.3, 0.4) is 0 Å². The molecule has 5 rings (SSSR count). The molecule has 1 amide bonds. The number of para-hydroxylation sites is 1. The molecular weight excluding hydrogens is 450 g/mol. The molecular formula is C30H27N3O3. The van der Waals surface area contributed by atoms with E-state index in [1.807, 2.05) is 93.6 Å². The topological polar surface area (TPSA) is 68.3 Å². The van der Waals surface area contributed by atoms with Crippen LogP contribution in [0.1, 0.15) is 46.0 Å². The standard InChI is InChI=1S/C30H27N3O3/c1-20-13-15-23(16-14-20)29(34)32(19-25-10-7-17-36-25)22(3)28-31-27-12-5-4-11-26(27)30(35)33(28)24-9-6-8-21(2)18-24/h4-18,22H,19H2,1-3H3. The third-order valence-electron chi connectivity index (χ3n) is 6.37. The third kappa shape index (κ3) is 4.45. The molecule has 0 N–H and O–H groups in total. The van der Waals surface area contributed by atoms with Crippen LogP contribution in [0.15, 0.2) is 100 Å². The first kappa shape index (κ1) is 23.3. The first-order valence-corrected chi connectivity index (χ1v) is 11.9. The number of benzene rings is 3. The maximum atomic E-state index is 13.8. The summed E-state index contributed by atoms with van der Waals surface area (Å²) in [4.78, 5) is 34.2. The van der Waals surface area contributed by atoms with E-state index in [1.54, 1.807) is 27.9 Å². The Labute approximate surface area is 209 Å². The zero-order valence-electron chi connectivity index (χ0n) is 20.5. The van der Waals surface area contributed by atoms with Crippen molar-refractivity contribution in [2.24, 2.45) is 0 Å². The number of furan rings is 1. The Morgan fingerprint density at radius 2 is 1.72 bits per heavy atom. The number of rotatable bonds is 6. The largest absolute Gasteiger partial charge is 0.467 e. The van der Waals surface area contributed by atoms with Gasteiger partial charge in [0.1, 0.15) is 11.6 Å². The Bertz CT molecular complexity index is 1580. The fourth-order valence-electron chi connectivity index (χ4n) is 4.40. The van der Waals surface area contributed by atoms with E-state index in [1.165, 1.54) is 0 Å². The molecule has 0 saturated carbocycles. The minimum Gasteiger partial charge on any atom is -0.467 e. The monoisotopic (exact) mass is 477 g/mol. The highest BCUT2D eigenvalue weighted by atomic mass is 16.3. The van der Waals surface area contributed by atoms with Gasteiger partial charge < -0.3 is 9.32 Å². The Kier molecular flexibility index (Phi) is 6.25. The van der Waals surface area contributed by atoms with Crippen LogP contribution < -0.4 is 5.56 Å². The Morgan fingerprint density at radius 3 is 2.44 bits per heavy atom. The van der Waals surface area contributed by atoms with E-state index in [4.69, 9.17) is 9.40 Å². The van der Waals surface area contributed by atoms with Crippen molar-refractivity contribution in [2.45, 2.75) is 33.4 Å². The van der Waals surface area contributed by atoms with Crippen LogP contribution in [-0.2, 0) is 6.54 Å². The fourth-order valence-corrected chi connectivity index (χ4v) is 4.40. The predicted octanol–water partition coefficient (Wildman–Crippen LogP) is 6.00. The Morgan fingerprint density at radius 1 is 0.944 bits per heavy atom. The first-order valence-electron chi connectivity index (χ1n) is 11.9. The molecule has 0 bridgehead atoms. The van der Waals surface area contributed by atoms with Gasteiger partial charge in [0.2, 0.25) is 0 Å². The lowest BCUT2D eigenvalue weighted by Crippen LogP contribution is -2.37. The molecule has 0 radical (unpaired) electrons. The van der Waals surface area contributed by atoms with Crippen molar-refractivity contribution in [1.29, 1.82) is 0 Å². The number of hydrogen-bond acceptors (Lipinski definition) is 4. The fraction of sp³-hybridized carbons (Fsp3) is 0.167. The highest BCUT2D eigenvalue weighted by Crippen LogP contribution is 2.27. The van der Waals surface area contributed by atoms with Crippen molar-refractivity contribution in [3.05, 3.63) is 130 Å². The molecule has 180 valence electrons. The first-order chi connectivity index (χ1) is 17.4. The van der Waals surface area contributed by atoms with Gasteiger partial charge in [0.25, 0.3) is 11.5 Å². The van der Waals surface area contributed by atoms with Crippen LogP contribution in [0, 0.1) is 13.8 Å². The zero-order valence-corrected chi connectivity index (χ0v) is 20.5. The number of hydrogen-bond donors (Lipinski definition) is 0. The van der Waals surface area contributed by atoms with Gasteiger partial charge in [0.05, 0.1) is 35.4 Å². The summed E-state index contributed by atoms with van der Waals surface area (Å²) in [5, 5.41) is 0.525. The Balaban J connectivity index is 1.70. The summed E-state index contributed by atoms with van der Waals surface area (Å²) < 4.78 is 7.22. The lowest BCUT2D eigenvalue weighted by Gasteiger charge is -2.30. The highest BCUT2D eigenvalue weighted by Gasteiger charge is 2.28. The molecule has 2 aromatic heterocycles. The van der Waals surface area contributed by atoms with Gasteiger partial charge in [-0.05, 0) is 74.9 Å². The second-order valence-corrected chi connectivity index (χ2v) is 9.02. The van der Waals surface area contributed by atoms with Crippen molar-refractivity contribution >= 4 is 16.8 Å². The van der Waals surface area contributed by atoms with Crippen molar-refractivity contribution in [3.8, 4) is 5.69 Å². The predicted molar refractivity (Wildman–Crippen MR) is 140 cm³/mol. The van der Waals surface area contributed by atoms with E-state index in [9.17, 15) is 9.59 Å². The molecule has 0 spiro atoms. The van der Waals surface area contributed by atoms with Crippen LogP contribution in [0.2, 0.25) is 0 Å². The average molecular weight is 478 g/mol. The van der Waals surface area contributed by atoms with E-state index >= 15 is 0 Å². The molecule has 6 heteroatoms. The van der Waals surface area contributed by atoms with Crippen molar-refractivity contribution < 1.29 is 9.21 Å². The van der Waals surface area contributed by atoms with Crippen molar-refractivity contribution in [1.82, 2.24) is 14.5 Å². The van der Waals surface area contributed by atoms with Gasteiger partial charge in [-0.2, -0.15) is 0 Å². The van der Waals surface area contributed by atoms with E-state index in [2.05, 4.69) is 0 Å². The van der Waals surface area contributed by atoms with E-state index in [0.717, 1.165) is 11.1 Å². The smallest absolute Gasteiger partial charge is 0.266 e. The Hall–Kier alpha value is -4.45. The van der Waals surface area contributed by atoms with Crippen molar-refractivity contribution in [3.63, 3.8) is 0 Å². The second-order valence-electron chi connectivity index (χ2n) is 9.02. The van der Waals surface area contributed by atoms with Gasteiger partial charge in [-0.25, -0.2) is 4.98 Å². The average Bonchev–Trinajstić information content (AvgIpc) is 3.40. The molecule has 0 saturated heterocycles. The normalized spacial score (nSPS) is 12.0. The molecule has 0 aliphatic heterocycles. The van der Waals surface area contributed by atoms with Gasteiger partial charge in [-0.1, -0.05) is 42.0 Å². The maximum Gasteiger partial charge on any atom is 0.266 e. The summed E-state index contributed by atoms with van der Waals surface area (Å²) in [6.45, 7) is 6.10. The summed E-state index contributed by atoms with van der Waals surface area (Å²) in [6, 6.07) is 25.6. The molecule has 1 atom stereocenters. The minimum atomic E-state index is -0.540. The summed E-state index contributed by atoms with van der Waals surface area (Å²) in [5.74, 6) is 0.959. The summed E-state index contributed by atoms with van der Waals surface area (Å²) in [7, 11) is 0. The van der Waals surface area contributed by atoms with Crippen LogP contribution in [0.25, 0.3) is 16.6 Å². The number of aryl methyl sites for hydroxylation is 2. The number of carbonyl (C=O) groups excluding carboxylic acids is 1.